The predicted octanol–water partition coefficient (Wildman–Crippen LogP) is 3.50. The molecule has 0 saturated heterocycles. The summed E-state index contributed by atoms with van der Waals surface area (Å²) in [7, 11) is 5.95. The number of nitrogens with one attached hydrogen (secondary N) is 1. The van der Waals surface area contributed by atoms with Gasteiger partial charge in [-0.3, -0.25) is 4.79 Å². The molecule has 1 amide bonds. The lowest BCUT2D eigenvalue weighted by molar-refractivity contribution is 0.102. The minimum absolute atomic E-state index is 0.0966. The zero-order valence-corrected chi connectivity index (χ0v) is 13.0. The van der Waals surface area contributed by atoms with E-state index in [1.165, 1.54) is 0 Å². The van der Waals surface area contributed by atoms with Gasteiger partial charge in [-0.25, -0.2) is 0 Å². The molecule has 0 radical (unpaired) electrons. The van der Waals surface area contributed by atoms with Crippen molar-refractivity contribution in [2.24, 2.45) is 7.05 Å². The highest BCUT2D eigenvalue weighted by atomic mass is 16.1. The lowest BCUT2D eigenvalue weighted by Crippen LogP contribution is -2.12. The van der Waals surface area contributed by atoms with Crippen molar-refractivity contribution in [2.75, 3.05) is 24.3 Å². The van der Waals surface area contributed by atoms with E-state index >= 15 is 0 Å². The second-order valence-corrected chi connectivity index (χ2v) is 5.60. The number of benzene rings is 2. The SMILES string of the molecule is CN(C)c1ccc(NC(=O)c2ccc3ccn(C)c3c2)cc1. The van der Waals surface area contributed by atoms with Crippen LogP contribution in [0.25, 0.3) is 10.9 Å². The Balaban J connectivity index is 1.81. The fourth-order valence-corrected chi connectivity index (χ4v) is 2.45. The zero-order chi connectivity index (χ0) is 15.7. The predicted molar refractivity (Wildman–Crippen MR) is 91.6 cm³/mol. The van der Waals surface area contributed by atoms with Crippen molar-refractivity contribution >= 4 is 28.2 Å². The van der Waals surface area contributed by atoms with E-state index in [0.717, 1.165) is 22.3 Å². The standard InChI is InChI=1S/C18H19N3O/c1-20(2)16-8-6-15(7-9-16)19-18(22)14-5-4-13-10-11-21(3)17(13)12-14/h4-12H,1-3H3,(H,19,22). The molecule has 1 N–H and O–H groups in total. The molecule has 0 atom stereocenters. The van der Waals surface area contributed by atoms with Crippen LogP contribution in [0.4, 0.5) is 11.4 Å². The van der Waals surface area contributed by atoms with Crippen molar-refractivity contribution in [1.29, 1.82) is 0 Å². The van der Waals surface area contributed by atoms with Gasteiger partial charge in [0.25, 0.3) is 5.91 Å². The molecule has 0 fully saturated rings. The summed E-state index contributed by atoms with van der Waals surface area (Å²) in [5.41, 5.74) is 3.60. The number of anilines is 2. The molecular weight excluding hydrogens is 274 g/mol. The first-order chi connectivity index (χ1) is 10.5. The molecule has 0 bridgehead atoms. The number of rotatable bonds is 3. The molecule has 3 rings (SSSR count). The molecule has 0 aliphatic heterocycles. The largest absolute Gasteiger partial charge is 0.378 e. The van der Waals surface area contributed by atoms with Gasteiger partial charge in [0.1, 0.15) is 0 Å². The summed E-state index contributed by atoms with van der Waals surface area (Å²) in [5, 5.41) is 4.07. The third-order valence-electron chi connectivity index (χ3n) is 3.79. The van der Waals surface area contributed by atoms with Crippen molar-refractivity contribution in [3.05, 3.63) is 60.3 Å². The van der Waals surface area contributed by atoms with Crippen LogP contribution in [0, 0.1) is 0 Å². The third kappa shape index (κ3) is 2.68. The fraction of sp³-hybridized carbons (Fsp3) is 0.167. The normalized spacial score (nSPS) is 10.7. The average Bonchev–Trinajstić information content (AvgIpc) is 2.88. The van der Waals surface area contributed by atoms with Crippen LogP contribution in [0.5, 0.6) is 0 Å². The molecule has 4 nitrogen and oxygen atoms in total. The number of aromatic nitrogens is 1. The van der Waals surface area contributed by atoms with Crippen molar-refractivity contribution in [3.63, 3.8) is 0 Å². The van der Waals surface area contributed by atoms with E-state index in [9.17, 15) is 4.79 Å². The first kappa shape index (κ1) is 14.2. The number of hydrogen-bond donors (Lipinski definition) is 1. The number of hydrogen-bond acceptors (Lipinski definition) is 2. The van der Waals surface area contributed by atoms with E-state index in [0.29, 0.717) is 5.56 Å². The second kappa shape index (κ2) is 5.56. The topological polar surface area (TPSA) is 37.3 Å². The number of carbonyl (C=O) groups excluding carboxylic acids is 1. The Bertz CT molecular complexity index is 816. The van der Waals surface area contributed by atoms with Gasteiger partial charge in [0, 0.05) is 49.8 Å². The summed E-state index contributed by atoms with van der Waals surface area (Å²) in [5.74, 6) is -0.0966. The molecule has 1 heterocycles. The van der Waals surface area contributed by atoms with Gasteiger partial charge in [-0.15, -0.1) is 0 Å². The molecule has 4 heteroatoms. The lowest BCUT2D eigenvalue weighted by atomic mass is 10.1. The highest BCUT2D eigenvalue weighted by Gasteiger charge is 2.08. The van der Waals surface area contributed by atoms with Crippen molar-refractivity contribution in [3.8, 4) is 0 Å². The first-order valence-electron chi connectivity index (χ1n) is 7.18. The van der Waals surface area contributed by atoms with Crippen LogP contribution < -0.4 is 10.2 Å². The fourth-order valence-electron chi connectivity index (χ4n) is 2.45. The molecule has 0 saturated carbocycles. The molecule has 0 spiro atoms. The van der Waals surface area contributed by atoms with Crippen LogP contribution in [-0.2, 0) is 7.05 Å². The average molecular weight is 293 g/mol. The van der Waals surface area contributed by atoms with Gasteiger partial charge >= 0.3 is 0 Å². The summed E-state index contributed by atoms with van der Waals surface area (Å²) >= 11 is 0. The van der Waals surface area contributed by atoms with Crippen molar-refractivity contribution < 1.29 is 4.79 Å². The van der Waals surface area contributed by atoms with E-state index in [1.807, 2.05) is 85.3 Å². The summed E-state index contributed by atoms with van der Waals surface area (Å²) < 4.78 is 2.01. The van der Waals surface area contributed by atoms with Crippen molar-refractivity contribution in [1.82, 2.24) is 4.57 Å². The highest BCUT2D eigenvalue weighted by Crippen LogP contribution is 2.19. The van der Waals surface area contributed by atoms with Crippen LogP contribution in [0.3, 0.4) is 0 Å². The van der Waals surface area contributed by atoms with Gasteiger partial charge in [-0.2, -0.15) is 0 Å². The molecule has 3 aromatic rings. The number of aryl methyl sites for hydroxylation is 1. The Labute approximate surface area is 130 Å². The Morgan fingerprint density at radius 3 is 2.45 bits per heavy atom. The Morgan fingerprint density at radius 2 is 1.77 bits per heavy atom. The second-order valence-electron chi connectivity index (χ2n) is 5.60. The third-order valence-corrected chi connectivity index (χ3v) is 3.79. The Morgan fingerprint density at radius 1 is 1.05 bits per heavy atom. The number of carbonyl (C=O) groups is 1. The lowest BCUT2D eigenvalue weighted by Gasteiger charge is -2.13. The molecule has 112 valence electrons. The molecule has 0 unspecified atom stereocenters. The molecule has 22 heavy (non-hydrogen) atoms. The van der Waals surface area contributed by atoms with Crippen LogP contribution in [0.15, 0.2) is 54.7 Å². The monoisotopic (exact) mass is 293 g/mol. The number of fused-ring (bicyclic) bond motifs is 1. The number of amides is 1. The van der Waals surface area contributed by atoms with Crippen LogP contribution in [0.2, 0.25) is 0 Å². The quantitative estimate of drug-likeness (QED) is 0.802. The van der Waals surface area contributed by atoms with Gasteiger partial charge in [0.05, 0.1) is 0 Å². The minimum atomic E-state index is -0.0966. The minimum Gasteiger partial charge on any atom is -0.378 e. The maximum Gasteiger partial charge on any atom is 0.255 e. The Kier molecular flexibility index (Phi) is 3.59. The maximum absolute atomic E-state index is 12.4. The molecule has 1 aromatic heterocycles. The van der Waals surface area contributed by atoms with Gasteiger partial charge in [0.2, 0.25) is 0 Å². The van der Waals surface area contributed by atoms with Crippen molar-refractivity contribution in [2.45, 2.75) is 0 Å². The van der Waals surface area contributed by atoms with Gasteiger partial charge in [-0.05, 0) is 47.9 Å². The van der Waals surface area contributed by atoms with Crippen LogP contribution >= 0.6 is 0 Å². The van der Waals surface area contributed by atoms with E-state index in [4.69, 9.17) is 0 Å². The molecule has 2 aromatic carbocycles. The Hall–Kier alpha value is -2.75. The van der Waals surface area contributed by atoms with E-state index in [2.05, 4.69) is 5.32 Å². The van der Waals surface area contributed by atoms with Gasteiger partial charge in [0.15, 0.2) is 0 Å². The van der Waals surface area contributed by atoms with Gasteiger partial charge < -0.3 is 14.8 Å². The number of nitrogens with zero attached hydrogens (tertiary/aromatic N) is 2. The highest BCUT2D eigenvalue weighted by molar-refractivity contribution is 6.06. The summed E-state index contributed by atoms with van der Waals surface area (Å²) in [6.07, 6.45) is 1.99. The first-order valence-corrected chi connectivity index (χ1v) is 7.18. The zero-order valence-electron chi connectivity index (χ0n) is 13.0. The molecule has 0 aliphatic carbocycles. The smallest absolute Gasteiger partial charge is 0.255 e. The van der Waals surface area contributed by atoms with E-state index < -0.39 is 0 Å². The van der Waals surface area contributed by atoms with Gasteiger partial charge in [-0.1, -0.05) is 6.07 Å². The summed E-state index contributed by atoms with van der Waals surface area (Å²) in [6, 6.07) is 15.6. The maximum atomic E-state index is 12.4. The molecule has 0 aliphatic rings. The van der Waals surface area contributed by atoms with Crippen LogP contribution in [-0.4, -0.2) is 24.6 Å². The summed E-state index contributed by atoms with van der Waals surface area (Å²) in [4.78, 5) is 14.4. The van der Waals surface area contributed by atoms with E-state index in [1.54, 1.807) is 0 Å². The molecular formula is C18H19N3O. The van der Waals surface area contributed by atoms with Crippen LogP contribution in [0.1, 0.15) is 10.4 Å². The van der Waals surface area contributed by atoms with E-state index in [-0.39, 0.29) is 5.91 Å². The summed E-state index contributed by atoms with van der Waals surface area (Å²) in [6.45, 7) is 0.